The molecule has 152 valence electrons. The van der Waals surface area contributed by atoms with Crippen molar-refractivity contribution in [2.45, 2.75) is 103 Å². The monoisotopic (exact) mass is 363 g/mol. The first kappa shape index (κ1) is 23.2. The summed E-state index contributed by atoms with van der Waals surface area (Å²) >= 11 is 0. The van der Waals surface area contributed by atoms with Gasteiger partial charge in [0.15, 0.2) is 0 Å². The fraction of sp³-hybridized carbons (Fsp3) is 0.870. The molecule has 0 radical (unpaired) electrons. The molecule has 0 spiro atoms. The van der Waals surface area contributed by atoms with Crippen molar-refractivity contribution in [3.63, 3.8) is 0 Å². The Labute approximate surface area is 163 Å². The van der Waals surface area contributed by atoms with Gasteiger partial charge in [0.25, 0.3) is 0 Å². The van der Waals surface area contributed by atoms with E-state index in [-0.39, 0.29) is 0 Å². The van der Waals surface area contributed by atoms with E-state index in [0.717, 1.165) is 26.1 Å². The maximum atomic E-state index is 5.69. The van der Waals surface area contributed by atoms with Crippen molar-refractivity contribution in [1.29, 1.82) is 0 Å². The highest BCUT2D eigenvalue weighted by atomic mass is 15.1. The van der Waals surface area contributed by atoms with E-state index in [1.165, 1.54) is 95.7 Å². The molecule has 26 heavy (non-hydrogen) atoms. The maximum Gasteiger partial charge on any atom is 0.0995 e. The van der Waals surface area contributed by atoms with Gasteiger partial charge in [-0.25, -0.2) is 0 Å². The number of nitrogens with one attached hydrogen (secondary N) is 1. The van der Waals surface area contributed by atoms with Gasteiger partial charge in [0, 0.05) is 12.5 Å². The second-order valence-electron chi connectivity index (χ2n) is 7.84. The topological polar surface area (TPSA) is 50.4 Å². The van der Waals surface area contributed by atoms with Crippen molar-refractivity contribution in [2.24, 2.45) is 16.6 Å². The van der Waals surface area contributed by atoms with E-state index in [0.29, 0.717) is 5.92 Å². The molecule has 3 heteroatoms. The number of nitrogens with zero attached hydrogens (tertiary/aromatic N) is 1. The van der Waals surface area contributed by atoms with Crippen molar-refractivity contribution in [1.82, 2.24) is 5.32 Å². The first-order valence-corrected chi connectivity index (χ1v) is 11.5. The Hall–Kier alpha value is -0.830. The van der Waals surface area contributed by atoms with Crippen molar-refractivity contribution >= 4 is 5.84 Å². The van der Waals surface area contributed by atoms with E-state index in [9.17, 15) is 0 Å². The van der Waals surface area contributed by atoms with E-state index in [2.05, 4.69) is 29.4 Å². The van der Waals surface area contributed by atoms with Gasteiger partial charge in [0.2, 0.25) is 0 Å². The number of rotatable bonds is 18. The van der Waals surface area contributed by atoms with Gasteiger partial charge in [-0.2, -0.15) is 0 Å². The van der Waals surface area contributed by atoms with E-state index in [4.69, 9.17) is 5.73 Å². The standard InChI is InChI=1S/C23H45N3/c1-2-3-4-5-6-7-8-9-10-11-12-13-14-15-17-22(18-16-19-24)23-25-20-21-26-23/h9-10,22H,2-8,11-21,24H2,1H3,(H,25,26)/b10-9-. The third kappa shape index (κ3) is 12.5. The summed E-state index contributed by atoms with van der Waals surface area (Å²) in [6.45, 7) is 5.07. The van der Waals surface area contributed by atoms with Gasteiger partial charge in [-0.05, 0) is 51.5 Å². The highest BCUT2D eigenvalue weighted by molar-refractivity contribution is 5.85. The maximum absolute atomic E-state index is 5.69. The first-order chi connectivity index (χ1) is 12.9. The summed E-state index contributed by atoms with van der Waals surface area (Å²) in [6.07, 6.45) is 24.8. The highest BCUT2D eigenvalue weighted by Gasteiger charge is 2.17. The molecule has 1 aliphatic heterocycles. The quantitative estimate of drug-likeness (QED) is 0.232. The molecule has 0 fully saturated rings. The van der Waals surface area contributed by atoms with Gasteiger partial charge in [-0.3, -0.25) is 4.99 Å². The van der Waals surface area contributed by atoms with Gasteiger partial charge >= 0.3 is 0 Å². The zero-order chi connectivity index (χ0) is 18.7. The largest absolute Gasteiger partial charge is 0.372 e. The molecule has 0 aromatic carbocycles. The van der Waals surface area contributed by atoms with Crippen molar-refractivity contribution < 1.29 is 0 Å². The Bertz CT molecular complexity index is 362. The summed E-state index contributed by atoms with van der Waals surface area (Å²) in [5, 5.41) is 3.47. The van der Waals surface area contributed by atoms with E-state index in [1.807, 2.05) is 0 Å². The number of hydrogen-bond acceptors (Lipinski definition) is 3. The number of hydrogen-bond donors (Lipinski definition) is 2. The molecule has 0 aliphatic carbocycles. The molecule has 0 saturated heterocycles. The average molecular weight is 364 g/mol. The molecular formula is C23H45N3. The molecular weight excluding hydrogens is 318 g/mol. The molecule has 1 unspecified atom stereocenters. The molecule has 1 aliphatic rings. The molecule has 3 N–H and O–H groups in total. The average Bonchev–Trinajstić information content (AvgIpc) is 3.19. The van der Waals surface area contributed by atoms with Crippen LogP contribution >= 0.6 is 0 Å². The fourth-order valence-electron chi connectivity index (χ4n) is 3.76. The molecule has 1 rings (SSSR count). The van der Waals surface area contributed by atoms with Crippen LogP contribution in [0.15, 0.2) is 17.1 Å². The lowest BCUT2D eigenvalue weighted by Crippen LogP contribution is -2.27. The third-order valence-corrected chi connectivity index (χ3v) is 5.41. The Morgan fingerprint density at radius 2 is 1.50 bits per heavy atom. The van der Waals surface area contributed by atoms with Crippen molar-refractivity contribution in [3.8, 4) is 0 Å². The number of nitrogens with two attached hydrogens (primary N) is 1. The summed E-state index contributed by atoms with van der Waals surface area (Å²) in [7, 11) is 0. The fourth-order valence-corrected chi connectivity index (χ4v) is 3.76. The van der Waals surface area contributed by atoms with Crippen LogP contribution in [0, 0.1) is 5.92 Å². The number of amidine groups is 1. The van der Waals surface area contributed by atoms with Crippen LogP contribution in [0.1, 0.15) is 103 Å². The predicted octanol–water partition coefficient (Wildman–Crippen LogP) is 5.99. The minimum absolute atomic E-state index is 0.623. The lowest BCUT2D eigenvalue weighted by molar-refractivity contribution is 0.503. The molecule has 3 nitrogen and oxygen atoms in total. The first-order valence-electron chi connectivity index (χ1n) is 11.5. The van der Waals surface area contributed by atoms with Crippen molar-refractivity contribution in [2.75, 3.05) is 19.6 Å². The highest BCUT2D eigenvalue weighted by Crippen LogP contribution is 2.19. The number of allylic oxidation sites excluding steroid dienone is 2. The van der Waals surface area contributed by atoms with Crippen molar-refractivity contribution in [3.05, 3.63) is 12.2 Å². The Balaban J connectivity index is 1.93. The SMILES string of the molecule is CCCCCCCC/C=C\CCCCCCC(CCCN)C1=NCCN1. The molecule has 0 amide bonds. The molecule has 1 atom stereocenters. The molecule has 0 aromatic rings. The summed E-state index contributed by atoms with van der Waals surface area (Å²) < 4.78 is 0. The minimum Gasteiger partial charge on any atom is -0.372 e. The van der Waals surface area contributed by atoms with Crippen LogP contribution in [0.2, 0.25) is 0 Å². The van der Waals surface area contributed by atoms with Crippen LogP contribution in [0.25, 0.3) is 0 Å². The molecule has 0 aromatic heterocycles. The lowest BCUT2D eigenvalue weighted by Gasteiger charge is -2.17. The van der Waals surface area contributed by atoms with Crippen LogP contribution in [0.3, 0.4) is 0 Å². The molecule has 1 heterocycles. The second-order valence-corrected chi connectivity index (χ2v) is 7.84. The summed E-state index contributed by atoms with van der Waals surface area (Å²) in [5.41, 5.74) is 5.69. The summed E-state index contributed by atoms with van der Waals surface area (Å²) in [5.74, 6) is 1.88. The smallest absolute Gasteiger partial charge is 0.0995 e. The van der Waals surface area contributed by atoms with Gasteiger partial charge in [-0.15, -0.1) is 0 Å². The van der Waals surface area contributed by atoms with Crippen LogP contribution in [-0.2, 0) is 0 Å². The summed E-state index contributed by atoms with van der Waals surface area (Å²) in [6, 6.07) is 0. The van der Waals surface area contributed by atoms with Gasteiger partial charge in [-0.1, -0.05) is 70.4 Å². The minimum atomic E-state index is 0.623. The van der Waals surface area contributed by atoms with Gasteiger partial charge in [0.1, 0.15) is 0 Å². The van der Waals surface area contributed by atoms with Crippen LogP contribution < -0.4 is 11.1 Å². The zero-order valence-corrected chi connectivity index (χ0v) is 17.5. The Morgan fingerprint density at radius 3 is 2.12 bits per heavy atom. The summed E-state index contributed by atoms with van der Waals surface area (Å²) in [4.78, 5) is 4.63. The van der Waals surface area contributed by atoms with E-state index < -0.39 is 0 Å². The predicted molar refractivity (Wildman–Crippen MR) is 117 cm³/mol. The van der Waals surface area contributed by atoms with E-state index >= 15 is 0 Å². The van der Waals surface area contributed by atoms with Crippen LogP contribution in [0.4, 0.5) is 0 Å². The number of aliphatic imine (C=N–C) groups is 1. The Kier molecular flexibility index (Phi) is 15.7. The second kappa shape index (κ2) is 17.6. The van der Waals surface area contributed by atoms with E-state index in [1.54, 1.807) is 0 Å². The van der Waals surface area contributed by atoms with Crippen LogP contribution in [-0.4, -0.2) is 25.5 Å². The third-order valence-electron chi connectivity index (χ3n) is 5.41. The zero-order valence-electron chi connectivity index (χ0n) is 17.5. The lowest BCUT2D eigenvalue weighted by atomic mass is 9.94. The molecule has 0 bridgehead atoms. The van der Waals surface area contributed by atoms with Crippen LogP contribution in [0.5, 0.6) is 0 Å². The van der Waals surface area contributed by atoms with Gasteiger partial charge < -0.3 is 11.1 Å². The van der Waals surface area contributed by atoms with Gasteiger partial charge in [0.05, 0.1) is 12.4 Å². The number of unbranched alkanes of at least 4 members (excludes halogenated alkanes) is 10. The molecule has 0 saturated carbocycles. The normalized spacial score (nSPS) is 15.4. The Morgan fingerprint density at radius 1 is 0.885 bits per heavy atom.